The van der Waals surface area contributed by atoms with Gasteiger partial charge in [0, 0.05) is 22.0 Å². The Balaban J connectivity index is 3.11. The van der Waals surface area contributed by atoms with Gasteiger partial charge in [0.25, 0.3) is 0 Å². The lowest BCUT2D eigenvalue weighted by Gasteiger charge is -2.33. The van der Waals surface area contributed by atoms with Gasteiger partial charge in [0.2, 0.25) is 0 Å². The average Bonchev–Trinajstić information content (AvgIpc) is 2.32. The molecule has 0 aliphatic carbocycles. The topological polar surface area (TPSA) is 12.0 Å². The maximum Gasteiger partial charge on any atom is 0.0458 e. The van der Waals surface area contributed by atoms with E-state index in [0.29, 0.717) is 5.02 Å². The largest absolute Gasteiger partial charge is 0.316 e. The molecule has 0 unspecified atom stereocenters. The van der Waals surface area contributed by atoms with E-state index in [0.717, 1.165) is 31.0 Å². The zero-order valence-corrected chi connectivity index (χ0v) is 12.3. The Bertz CT molecular complexity index is 359. The van der Waals surface area contributed by atoms with Crippen LogP contribution < -0.4 is 5.32 Å². The second kappa shape index (κ2) is 6.63. The van der Waals surface area contributed by atoms with Crippen molar-refractivity contribution >= 4 is 23.2 Å². The third-order valence-corrected chi connectivity index (χ3v) is 4.12. The fourth-order valence-corrected chi connectivity index (χ4v) is 2.87. The number of halogens is 2. The van der Waals surface area contributed by atoms with Gasteiger partial charge < -0.3 is 5.32 Å². The molecule has 1 aromatic carbocycles. The third-order valence-electron chi connectivity index (χ3n) is 3.57. The van der Waals surface area contributed by atoms with E-state index in [-0.39, 0.29) is 5.41 Å². The summed E-state index contributed by atoms with van der Waals surface area (Å²) in [6.45, 7) is 8.49. The van der Waals surface area contributed by atoms with E-state index in [1.54, 1.807) is 0 Å². The van der Waals surface area contributed by atoms with Crippen LogP contribution in [0.15, 0.2) is 18.2 Å². The number of rotatable bonds is 6. The summed E-state index contributed by atoms with van der Waals surface area (Å²) in [6, 6.07) is 5.83. The first-order valence-corrected chi connectivity index (χ1v) is 7.01. The van der Waals surface area contributed by atoms with Crippen molar-refractivity contribution in [1.29, 1.82) is 0 Å². The fourth-order valence-electron chi connectivity index (χ4n) is 2.26. The maximum absolute atomic E-state index is 6.34. The van der Waals surface area contributed by atoms with Crippen molar-refractivity contribution < 1.29 is 0 Å². The third kappa shape index (κ3) is 3.37. The van der Waals surface area contributed by atoms with Gasteiger partial charge in [-0.05, 0) is 37.1 Å². The summed E-state index contributed by atoms with van der Waals surface area (Å²) in [7, 11) is 0. The van der Waals surface area contributed by atoms with Crippen molar-refractivity contribution in [3.05, 3.63) is 33.8 Å². The highest BCUT2D eigenvalue weighted by molar-refractivity contribution is 6.35. The SMILES string of the molecule is CCNCC(CC)(CC)c1ccc(Cl)cc1Cl. The van der Waals surface area contributed by atoms with Crippen LogP contribution in [0.25, 0.3) is 0 Å². The molecule has 0 saturated heterocycles. The predicted octanol–water partition coefficient (Wildman–Crippen LogP) is 4.66. The van der Waals surface area contributed by atoms with Crippen molar-refractivity contribution in [3.63, 3.8) is 0 Å². The molecule has 96 valence electrons. The minimum absolute atomic E-state index is 0.109. The minimum atomic E-state index is 0.109. The summed E-state index contributed by atoms with van der Waals surface area (Å²) in [4.78, 5) is 0. The van der Waals surface area contributed by atoms with Crippen LogP contribution in [0, 0.1) is 0 Å². The highest BCUT2D eigenvalue weighted by Gasteiger charge is 2.29. The Labute approximate surface area is 115 Å². The smallest absolute Gasteiger partial charge is 0.0458 e. The number of likely N-dealkylation sites (N-methyl/N-ethyl adjacent to an activating group) is 1. The van der Waals surface area contributed by atoms with Crippen molar-refractivity contribution in [2.24, 2.45) is 0 Å². The predicted molar refractivity (Wildman–Crippen MR) is 77.3 cm³/mol. The second-order valence-electron chi connectivity index (χ2n) is 4.39. The molecule has 0 aliphatic rings. The van der Waals surface area contributed by atoms with Crippen molar-refractivity contribution in [3.8, 4) is 0 Å². The van der Waals surface area contributed by atoms with Gasteiger partial charge in [-0.3, -0.25) is 0 Å². The van der Waals surface area contributed by atoms with Crippen LogP contribution in [0.3, 0.4) is 0 Å². The standard InChI is InChI=1S/C14H21Cl2N/c1-4-14(5-2,10-17-6-3)12-8-7-11(15)9-13(12)16/h7-9,17H,4-6,10H2,1-3H3. The Hall–Kier alpha value is -0.240. The summed E-state index contributed by atoms with van der Waals surface area (Å²) in [6.07, 6.45) is 2.13. The highest BCUT2D eigenvalue weighted by atomic mass is 35.5. The lowest BCUT2D eigenvalue weighted by molar-refractivity contribution is 0.372. The van der Waals surface area contributed by atoms with Gasteiger partial charge in [0.15, 0.2) is 0 Å². The molecule has 0 spiro atoms. The Morgan fingerprint density at radius 1 is 1.12 bits per heavy atom. The summed E-state index contributed by atoms with van der Waals surface area (Å²) < 4.78 is 0. The van der Waals surface area contributed by atoms with Crippen LogP contribution in [-0.4, -0.2) is 13.1 Å². The van der Waals surface area contributed by atoms with Crippen LogP contribution in [0.2, 0.25) is 10.0 Å². The zero-order valence-electron chi connectivity index (χ0n) is 10.8. The molecule has 0 amide bonds. The van der Waals surface area contributed by atoms with Crippen LogP contribution in [-0.2, 0) is 5.41 Å². The van der Waals surface area contributed by atoms with Crippen LogP contribution in [0.4, 0.5) is 0 Å². The molecule has 0 atom stereocenters. The molecule has 0 saturated carbocycles. The van der Waals surface area contributed by atoms with E-state index in [1.807, 2.05) is 12.1 Å². The molecule has 17 heavy (non-hydrogen) atoms. The molecule has 0 heterocycles. The molecular formula is C14H21Cl2N. The Morgan fingerprint density at radius 3 is 2.24 bits per heavy atom. The first-order chi connectivity index (χ1) is 8.09. The van der Waals surface area contributed by atoms with Crippen molar-refractivity contribution in [1.82, 2.24) is 5.32 Å². The molecule has 1 rings (SSSR count). The van der Waals surface area contributed by atoms with Gasteiger partial charge in [0.1, 0.15) is 0 Å². The normalized spacial score (nSPS) is 11.8. The average molecular weight is 274 g/mol. The van der Waals surface area contributed by atoms with Gasteiger partial charge in [0.05, 0.1) is 0 Å². The number of hydrogen-bond acceptors (Lipinski definition) is 1. The number of nitrogens with one attached hydrogen (secondary N) is 1. The lowest BCUT2D eigenvalue weighted by Crippen LogP contribution is -2.37. The van der Waals surface area contributed by atoms with Crippen molar-refractivity contribution in [2.75, 3.05) is 13.1 Å². The summed E-state index contributed by atoms with van der Waals surface area (Å²) in [5.41, 5.74) is 1.31. The van der Waals surface area contributed by atoms with Gasteiger partial charge in [-0.1, -0.05) is 50.0 Å². The number of hydrogen-bond donors (Lipinski definition) is 1. The van der Waals surface area contributed by atoms with Gasteiger partial charge in [-0.25, -0.2) is 0 Å². The monoisotopic (exact) mass is 273 g/mol. The fraction of sp³-hybridized carbons (Fsp3) is 0.571. The maximum atomic E-state index is 6.34. The molecule has 1 N–H and O–H groups in total. The Kier molecular flexibility index (Phi) is 5.78. The molecular weight excluding hydrogens is 253 g/mol. The molecule has 3 heteroatoms. The molecule has 1 aromatic rings. The Morgan fingerprint density at radius 2 is 1.76 bits per heavy atom. The van der Waals surface area contributed by atoms with Crippen molar-refractivity contribution in [2.45, 2.75) is 39.0 Å². The summed E-state index contributed by atoms with van der Waals surface area (Å²) >= 11 is 12.3. The second-order valence-corrected chi connectivity index (χ2v) is 5.24. The summed E-state index contributed by atoms with van der Waals surface area (Å²) in [5, 5.41) is 4.91. The minimum Gasteiger partial charge on any atom is -0.316 e. The molecule has 0 radical (unpaired) electrons. The van der Waals surface area contributed by atoms with Gasteiger partial charge >= 0.3 is 0 Å². The van der Waals surface area contributed by atoms with Gasteiger partial charge in [-0.2, -0.15) is 0 Å². The summed E-state index contributed by atoms with van der Waals surface area (Å²) in [5.74, 6) is 0. The van der Waals surface area contributed by atoms with E-state index in [1.165, 1.54) is 5.56 Å². The first-order valence-electron chi connectivity index (χ1n) is 6.26. The molecule has 0 bridgehead atoms. The highest BCUT2D eigenvalue weighted by Crippen LogP contribution is 2.36. The van der Waals surface area contributed by atoms with Crippen LogP contribution in [0.5, 0.6) is 0 Å². The molecule has 0 aliphatic heterocycles. The quantitative estimate of drug-likeness (QED) is 0.795. The van der Waals surface area contributed by atoms with E-state index in [2.05, 4.69) is 32.2 Å². The first kappa shape index (κ1) is 14.8. The number of benzene rings is 1. The van der Waals surface area contributed by atoms with E-state index < -0.39 is 0 Å². The molecule has 0 fully saturated rings. The molecule has 0 aromatic heterocycles. The van der Waals surface area contributed by atoms with Gasteiger partial charge in [-0.15, -0.1) is 0 Å². The molecule has 1 nitrogen and oxygen atoms in total. The van der Waals surface area contributed by atoms with E-state index in [4.69, 9.17) is 23.2 Å². The van der Waals surface area contributed by atoms with Crippen LogP contribution >= 0.6 is 23.2 Å². The van der Waals surface area contributed by atoms with E-state index >= 15 is 0 Å². The lowest BCUT2D eigenvalue weighted by atomic mass is 9.75. The zero-order chi connectivity index (χ0) is 12.9. The van der Waals surface area contributed by atoms with Crippen LogP contribution in [0.1, 0.15) is 39.2 Å². The van der Waals surface area contributed by atoms with E-state index in [9.17, 15) is 0 Å².